The molecule has 0 bridgehead atoms. The van der Waals surface area contributed by atoms with Crippen LogP contribution in [0.4, 0.5) is 0 Å². The molecule has 1 N–H and O–H groups in total. The largest absolute Gasteiger partial charge is 0.493 e. The molecule has 1 aromatic rings. The molecule has 1 saturated carbocycles. The number of rotatable bonds is 7. The number of benzene rings is 1. The number of para-hydroxylation sites is 1. The Kier molecular flexibility index (Phi) is 6.91. The zero-order valence-electron chi connectivity index (χ0n) is 14.0. The third kappa shape index (κ3) is 5.58. The van der Waals surface area contributed by atoms with Gasteiger partial charge in [0.2, 0.25) is 0 Å². The summed E-state index contributed by atoms with van der Waals surface area (Å²) < 4.78 is 5.50. The SMILES string of the molecule is CCOc1ccccc1/C=N/OCC(=O)NC1CCCCC1C. The Labute approximate surface area is 138 Å². The van der Waals surface area contributed by atoms with E-state index < -0.39 is 0 Å². The molecule has 0 spiro atoms. The fourth-order valence-corrected chi connectivity index (χ4v) is 2.84. The van der Waals surface area contributed by atoms with Gasteiger partial charge in [-0.25, -0.2) is 0 Å². The van der Waals surface area contributed by atoms with Gasteiger partial charge in [-0.1, -0.05) is 37.1 Å². The molecule has 0 saturated heterocycles. The fraction of sp³-hybridized carbons (Fsp3) is 0.556. The van der Waals surface area contributed by atoms with Crippen molar-refractivity contribution in [1.29, 1.82) is 0 Å². The normalized spacial score (nSPS) is 21.1. The highest BCUT2D eigenvalue weighted by Crippen LogP contribution is 2.23. The van der Waals surface area contributed by atoms with E-state index in [9.17, 15) is 4.79 Å². The van der Waals surface area contributed by atoms with Gasteiger partial charge in [0.25, 0.3) is 5.91 Å². The minimum atomic E-state index is -0.112. The van der Waals surface area contributed by atoms with Crippen LogP contribution in [0.3, 0.4) is 0 Å². The summed E-state index contributed by atoms with van der Waals surface area (Å²) in [7, 11) is 0. The Morgan fingerprint density at radius 3 is 2.91 bits per heavy atom. The van der Waals surface area contributed by atoms with Crippen molar-refractivity contribution in [2.24, 2.45) is 11.1 Å². The van der Waals surface area contributed by atoms with E-state index in [1.54, 1.807) is 6.21 Å². The average molecular weight is 318 g/mol. The second-order valence-corrected chi connectivity index (χ2v) is 5.91. The molecule has 2 atom stereocenters. The van der Waals surface area contributed by atoms with Gasteiger partial charge in [0.15, 0.2) is 6.61 Å². The number of ether oxygens (including phenoxy) is 1. The summed E-state index contributed by atoms with van der Waals surface area (Å²) >= 11 is 0. The molecule has 1 amide bonds. The van der Waals surface area contributed by atoms with Gasteiger partial charge in [0, 0.05) is 11.6 Å². The number of carbonyl (C=O) groups is 1. The molecule has 1 aromatic carbocycles. The first-order valence-corrected chi connectivity index (χ1v) is 8.37. The van der Waals surface area contributed by atoms with Crippen molar-refractivity contribution in [2.45, 2.75) is 45.6 Å². The lowest BCUT2D eigenvalue weighted by atomic mass is 9.86. The van der Waals surface area contributed by atoms with Crippen LogP contribution in [0.15, 0.2) is 29.4 Å². The standard InChI is InChI=1S/C18H26N2O3/c1-3-22-17-11-7-5-9-15(17)12-19-23-13-18(21)20-16-10-6-4-8-14(16)2/h5,7,9,11-12,14,16H,3-4,6,8,10,13H2,1-2H3,(H,20,21)/b19-12+. The molecule has 1 fully saturated rings. The molecule has 23 heavy (non-hydrogen) atoms. The van der Waals surface area contributed by atoms with E-state index in [1.165, 1.54) is 19.3 Å². The van der Waals surface area contributed by atoms with Gasteiger partial charge in [-0.2, -0.15) is 0 Å². The molecule has 0 heterocycles. The van der Waals surface area contributed by atoms with E-state index in [0.29, 0.717) is 12.5 Å². The minimum absolute atomic E-state index is 0.0590. The van der Waals surface area contributed by atoms with E-state index >= 15 is 0 Å². The van der Waals surface area contributed by atoms with Crippen molar-refractivity contribution in [1.82, 2.24) is 5.32 Å². The van der Waals surface area contributed by atoms with Crippen molar-refractivity contribution < 1.29 is 14.4 Å². The van der Waals surface area contributed by atoms with Crippen LogP contribution >= 0.6 is 0 Å². The first kappa shape index (κ1) is 17.3. The Balaban J connectivity index is 1.76. The summed E-state index contributed by atoms with van der Waals surface area (Å²) in [6, 6.07) is 7.84. The molecule has 2 rings (SSSR count). The summed E-state index contributed by atoms with van der Waals surface area (Å²) in [5, 5.41) is 6.91. The lowest BCUT2D eigenvalue weighted by molar-refractivity contribution is -0.126. The number of nitrogens with zero attached hydrogens (tertiary/aromatic N) is 1. The second-order valence-electron chi connectivity index (χ2n) is 5.91. The van der Waals surface area contributed by atoms with Crippen molar-refractivity contribution in [3.05, 3.63) is 29.8 Å². The highest BCUT2D eigenvalue weighted by atomic mass is 16.6. The highest BCUT2D eigenvalue weighted by Gasteiger charge is 2.22. The Hall–Kier alpha value is -2.04. The fourth-order valence-electron chi connectivity index (χ4n) is 2.84. The number of carbonyl (C=O) groups excluding carboxylic acids is 1. The smallest absolute Gasteiger partial charge is 0.261 e. The van der Waals surface area contributed by atoms with Gasteiger partial charge in [-0.3, -0.25) is 4.79 Å². The van der Waals surface area contributed by atoms with Crippen LogP contribution in [0.5, 0.6) is 5.75 Å². The summed E-state index contributed by atoms with van der Waals surface area (Å²) in [6.07, 6.45) is 6.24. The summed E-state index contributed by atoms with van der Waals surface area (Å²) in [4.78, 5) is 17.0. The zero-order valence-corrected chi connectivity index (χ0v) is 14.0. The second kappa shape index (κ2) is 9.18. The number of oxime groups is 1. The van der Waals surface area contributed by atoms with Crippen LogP contribution in [0.2, 0.25) is 0 Å². The van der Waals surface area contributed by atoms with Crippen molar-refractivity contribution in [2.75, 3.05) is 13.2 Å². The molecular formula is C18H26N2O3. The molecule has 2 unspecified atom stereocenters. The molecule has 5 nitrogen and oxygen atoms in total. The van der Waals surface area contributed by atoms with Gasteiger partial charge >= 0.3 is 0 Å². The number of hydrogen-bond donors (Lipinski definition) is 1. The lowest BCUT2D eigenvalue weighted by Crippen LogP contribution is -2.42. The summed E-state index contributed by atoms with van der Waals surface area (Å²) in [5.74, 6) is 1.18. The van der Waals surface area contributed by atoms with Crippen LogP contribution in [0.1, 0.15) is 45.1 Å². The lowest BCUT2D eigenvalue weighted by Gasteiger charge is -2.29. The Morgan fingerprint density at radius 2 is 2.13 bits per heavy atom. The van der Waals surface area contributed by atoms with Gasteiger partial charge in [0.05, 0.1) is 12.8 Å². The third-order valence-electron chi connectivity index (χ3n) is 4.14. The van der Waals surface area contributed by atoms with Gasteiger partial charge < -0.3 is 14.9 Å². The van der Waals surface area contributed by atoms with Gasteiger partial charge in [0.1, 0.15) is 5.75 Å². The van der Waals surface area contributed by atoms with Crippen LogP contribution in [-0.2, 0) is 9.63 Å². The molecule has 0 aliphatic heterocycles. The van der Waals surface area contributed by atoms with Crippen LogP contribution in [-0.4, -0.2) is 31.4 Å². The maximum absolute atomic E-state index is 11.9. The molecular weight excluding hydrogens is 292 g/mol. The first-order valence-electron chi connectivity index (χ1n) is 8.37. The topological polar surface area (TPSA) is 59.9 Å². The molecule has 126 valence electrons. The molecule has 0 aromatic heterocycles. The molecule has 1 aliphatic carbocycles. The molecule has 1 aliphatic rings. The van der Waals surface area contributed by atoms with E-state index in [4.69, 9.17) is 9.57 Å². The van der Waals surface area contributed by atoms with E-state index in [2.05, 4.69) is 17.4 Å². The molecule has 0 radical (unpaired) electrons. The van der Waals surface area contributed by atoms with Crippen LogP contribution < -0.4 is 10.1 Å². The summed E-state index contributed by atoms with van der Waals surface area (Å²) in [5.41, 5.74) is 0.829. The van der Waals surface area contributed by atoms with Crippen LogP contribution in [0, 0.1) is 5.92 Å². The minimum Gasteiger partial charge on any atom is -0.493 e. The quantitative estimate of drug-likeness (QED) is 0.620. The van der Waals surface area contributed by atoms with E-state index in [0.717, 1.165) is 17.7 Å². The van der Waals surface area contributed by atoms with Gasteiger partial charge in [-0.15, -0.1) is 0 Å². The van der Waals surface area contributed by atoms with Crippen molar-refractivity contribution in [3.8, 4) is 5.75 Å². The molecule has 5 heteroatoms. The monoisotopic (exact) mass is 318 g/mol. The third-order valence-corrected chi connectivity index (χ3v) is 4.14. The average Bonchev–Trinajstić information content (AvgIpc) is 2.55. The number of nitrogens with one attached hydrogen (secondary N) is 1. The van der Waals surface area contributed by atoms with Crippen molar-refractivity contribution >= 4 is 12.1 Å². The number of hydrogen-bond acceptors (Lipinski definition) is 4. The maximum atomic E-state index is 11.9. The Morgan fingerprint density at radius 1 is 1.35 bits per heavy atom. The van der Waals surface area contributed by atoms with E-state index in [-0.39, 0.29) is 18.6 Å². The Bertz CT molecular complexity index is 531. The zero-order chi connectivity index (χ0) is 16.5. The summed E-state index contributed by atoms with van der Waals surface area (Å²) in [6.45, 7) is 4.65. The van der Waals surface area contributed by atoms with Crippen molar-refractivity contribution in [3.63, 3.8) is 0 Å². The first-order chi connectivity index (χ1) is 11.2. The highest BCUT2D eigenvalue weighted by molar-refractivity contribution is 5.83. The van der Waals surface area contributed by atoms with Gasteiger partial charge in [-0.05, 0) is 37.8 Å². The predicted molar refractivity (Wildman–Crippen MR) is 90.7 cm³/mol. The van der Waals surface area contributed by atoms with Crippen LogP contribution in [0.25, 0.3) is 0 Å². The number of amides is 1. The maximum Gasteiger partial charge on any atom is 0.261 e. The van der Waals surface area contributed by atoms with E-state index in [1.807, 2.05) is 31.2 Å². The predicted octanol–water partition coefficient (Wildman–Crippen LogP) is 3.13.